The number of hydrogen-bond donors (Lipinski definition) is 3. The van der Waals surface area contributed by atoms with Crippen molar-refractivity contribution >= 4 is 12.1 Å². The molecular formula is C26H28N4O2. The predicted octanol–water partition coefficient (Wildman–Crippen LogP) is 3.94. The summed E-state index contributed by atoms with van der Waals surface area (Å²) in [7, 11) is 0. The summed E-state index contributed by atoms with van der Waals surface area (Å²) in [5.41, 5.74) is 14.4. The zero-order valence-electron chi connectivity index (χ0n) is 18.3. The van der Waals surface area contributed by atoms with Crippen molar-refractivity contribution in [1.29, 1.82) is 0 Å². The Morgan fingerprint density at radius 3 is 2.44 bits per heavy atom. The summed E-state index contributed by atoms with van der Waals surface area (Å²) in [6, 6.07) is 23.8. The first-order valence-electron chi connectivity index (χ1n) is 10.8. The predicted molar refractivity (Wildman–Crippen MR) is 126 cm³/mol. The fraction of sp³-hybridized carbons (Fsp3) is 0.231. The number of rotatable bonds is 7. The van der Waals surface area contributed by atoms with Gasteiger partial charge < -0.3 is 4.74 Å². The highest BCUT2D eigenvalue weighted by Crippen LogP contribution is 2.30. The zero-order chi connectivity index (χ0) is 22.3. The lowest BCUT2D eigenvalue weighted by atomic mass is 10.0. The number of amides is 1. The quantitative estimate of drug-likeness (QED) is 0.394. The van der Waals surface area contributed by atoms with Crippen molar-refractivity contribution in [3.05, 3.63) is 101 Å². The van der Waals surface area contributed by atoms with Gasteiger partial charge >= 0.3 is 0 Å². The molecule has 164 valence electrons. The van der Waals surface area contributed by atoms with Crippen LogP contribution in [0.15, 0.2) is 77.9 Å². The molecule has 1 fully saturated rings. The molecule has 1 heterocycles. The molecule has 1 amide bonds. The van der Waals surface area contributed by atoms with Crippen molar-refractivity contribution in [2.75, 3.05) is 0 Å². The van der Waals surface area contributed by atoms with E-state index in [4.69, 9.17) is 4.74 Å². The highest BCUT2D eigenvalue weighted by molar-refractivity contribution is 5.85. The number of para-hydroxylation sites is 1. The van der Waals surface area contributed by atoms with Crippen LogP contribution in [-0.2, 0) is 11.4 Å². The number of benzene rings is 3. The first kappa shape index (κ1) is 21.7. The van der Waals surface area contributed by atoms with E-state index >= 15 is 0 Å². The molecule has 1 saturated heterocycles. The van der Waals surface area contributed by atoms with E-state index in [1.165, 1.54) is 11.1 Å². The maximum atomic E-state index is 12.5. The summed E-state index contributed by atoms with van der Waals surface area (Å²) in [4.78, 5) is 12.5. The Morgan fingerprint density at radius 1 is 1.00 bits per heavy atom. The summed E-state index contributed by atoms with van der Waals surface area (Å²) in [6.45, 7) is 4.59. The average molecular weight is 429 g/mol. The van der Waals surface area contributed by atoms with Crippen molar-refractivity contribution < 1.29 is 9.53 Å². The maximum Gasteiger partial charge on any atom is 0.258 e. The minimum absolute atomic E-state index is 0.0407. The summed E-state index contributed by atoms with van der Waals surface area (Å²) in [5, 5.41) is 4.08. The lowest BCUT2D eigenvalue weighted by molar-refractivity contribution is -0.122. The molecule has 2 atom stereocenters. The molecule has 0 bridgehead atoms. The van der Waals surface area contributed by atoms with Gasteiger partial charge in [0.05, 0.1) is 12.3 Å². The first-order valence-corrected chi connectivity index (χ1v) is 10.8. The minimum Gasteiger partial charge on any atom is -0.489 e. The van der Waals surface area contributed by atoms with Gasteiger partial charge in [-0.2, -0.15) is 5.10 Å². The van der Waals surface area contributed by atoms with E-state index in [-0.39, 0.29) is 18.0 Å². The number of ether oxygens (including phenoxy) is 1. The molecule has 2 unspecified atom stereocenters. The van der Waals surface area contributed by atoms with Crippen molar-refractivity contribution in [1.82, 2.24) is 16.3 Å². The van der Waals surface area contributed by atoms with Crippen LogP contribution in [-0.4, -0.2) is 18.2 Å². The smallest absolute Gasteiger partial charge is 0.258 e. The van der Waals surface area contributed by atoms with Gasteiger partial charge in [-0.1, -0.05) is 77.9 Å². The number of hydrazine groups is 1. The normalized spacial score (nSPS) is 18.1. The van der Waals surface area contributed by atoms with E-state index in [1.807, 2.05) is 55.5 Å². The van der Waals surface area contributed by atoms with Crippen molar-refractivity contribution in [2.45, 2.75) is 39.0 Å². The lowest BCUT2D eigenvalue weighted by Gasteiger charge is -2.16. The number of nitrogens with one attached hydrogen (secondary N) is 3. The topological polar surface area (TPSA) is 74.8 Å². The Labute approximate surface area is 188 Å². The Bertz CT molecular complexity index is 1080. The molecule has 3 aromatic rings. The largest absolute Gasteiger partial charge is 0.489 e. The van der Waals surface area contributed by atoms with Crippen LogP contribution in [0.5, 0.6) is 5.75 Å². The second-order valence-electron chi connectivity index (χ2n) is 8.09. The van der Waals surface area contributed by atoms with Crippen LogP contribution in [0.2, 0.25) is 0 Å². The van der Waals surface area contributed by atoms with Gasteiger partial charge in [0.1, 0.15) is 18.4 Å². The second-order valence-corrected chi connectivity index (χ2v) is 8.09. The number of hydrogen-bond acceptors (Lipinski definition) is 5. The van der Waals surface area contributed by atoms with Crippen LogP contribution in [0, 0.1) is 13.8 Å². The lowest BCUT2D eigenvalue weighted by Crippen LogP contribution is -2.41. The van der Waals surface area contributed by atoms with Gasteiger partial charge in [0.15, 0.2) is 0 Å². The van der Waals surface area contributed by atoms with E-state index in [1.54, 1.807) is 6.21 Å². The van der Waals surface area contributed by atoms with Gasteiger partial charge in [0.25, 0.3) is 5.91 Å². The van der Waals surface area contributed by atoms with Crippen LogP contribution >= 0.6 is 0 Å². The number of nitrogens with zero attached hydrogens (tertiary/aromatic N) is 1. The summed E-state index contributed by atoms with van der Waals surface area (Å²) in [6.07, 6.45) is 2.24. The molecule has 0 saturated carbocycles. The molecule has 3 N–H and O–H groups in total. The van der Waals surface area contributed by atoms with Crippen molar-refractivity contribution in [3.8, 4) is 5.75 Å². The third-order valence-electron chi connectivity index (χ3n) is 5.49. The molecule has 1 aliphatic rings. The Kier molecular flexibility index (Phi) is 6.94. The molecule has 0 aliphatic carbocycles. The van der Waals surface area contributed by atoms with E-state index in [9.17, 15) is 4.79 Å². The molecular weight excluding hydrogens is 400 g/mol. The third kappa shape index (κ3) is 5.60. The Balaban J connectivity index is 1.34. The van der Waals surface area contributed by atoms with Gasteiger partial charge in [-0.3, -0.25) is 4.79 Å². The molecule has 6 heteroatoms. The summed E-state index contributed by atoms with van der Waals surface area (Å²) >= 11 is 0. The highest BCUT2D eigenvalue weighted by Gasteiger charge is 2.31. The van der Waals surface area contributed by atoms with Crippen molar-refractivity contribution in [3.63, 3.8) is 0 Å². The third-order valence-corrected chi connectivity index (χ3v) is 5.49. The molecule has 0 radical (unpaired) electrons. The fourth-order valence-electron chi connectivity index (χ4n) is 3.58. The fourth-order valence-corrected chi connectivity index (χ4v) is 3.58. The van der Waals surface area contributed by atoms with Crippen LogP contribution < -0.4 is 21.0 Å². The Morgan fingerprint density at radius 2 is 1.69 bits per heavy atom. The average Bonchev–Trinajstić information content (AvgIpc) is 3.30. The molecule has 0 aromatic heterocycles. The zero-order valence-corrected chi connectivity index (χ0v) is 18.3. The first-order chi connectivity index (χ1) is 15.6. The highest BCUT2D eigenvalue weighted by atomic mass is 16.5. The van der Waals surface area contributed by atoms with E-state index in [0.29, 0.717) is 13.0 Å². The number of hydrazone groups is 1. The molecule has 3 aromatic carbocycles. The maximum absolute atomic E-state index is 12.5. The number of carbonyl (C=O) groups is 1. The van der Waals surface area contributed by atoms with E-state index < -0.39 is 0 Å². The monoisotopic (exact) mass is 428 g/mol. The number of aryl methyl sites for hydroxylation is 2. The summed E-state index contributed by atoms with van der Waals surface area (Å²) < 4.78 is 6.10. The molecule has 4 rings (SSSR count). The minimum atomic E-state index is -0.389. The Hall–Kier alpha value is -3.48. The van der Waals surface area contributed by atoms with Gasteiger partial charge in [-0.05, 0) is 37.5 Å². The summed E-state index contributed by atoms with van der Waals surface area (Å²) in [5.74, 6) is 0.632. The van der Waals surface area contributed by atoms with Gasteiger partial charge in [0, 0.05) is 5.56 Å². The van der Waals surface area contributed by atoms with E-state index in [2.05, 4.69) is 52.6 Å². The molecule has 1 aliphatic heterocycles. The molecule has 0 spiro atoms. The standard InChI is InChI=1S/C26H28N4O2/c1-18-7-11-20(12-8-18)16-27-30-26(31)24-15-23(28-29-24)22-5-3-4-6-25(22)32-17-21-13-9-19(2)10-14-21/h3-14,16,23-24,28-29H,15,17H2,1-2H3,(H,30,31)/b27-16+. The van der Waals surface area contributed by atoms with Gasteiger partial charge in [-0.25, -0.2) is 16.3 Å². The second kappa shape index (κ2) is 10.2. The van der Waals surface area contributed by atoms with Gasteiger partial charge in [-0.15, -0.1) is 0 Å². The molecule has 6 nitrogen and oxygen atoms in total. The van der Waals surface area contributed by atoms with Crippen LogP contribution in [0.3, 0.4) is 0 Å². The van der Waals surface area contributed by atoms with Crippen LogP contribution in [0.4, 0.5) is 0 Å². The van der Waals surface area contributed by atoms with Crippen LogP contribution in [0.1, 0.15) is 40.3 Å². The SMILES string of the molecule is Cc1ccc(/C=N/NC(=O)C2CC(c3ccccc3OCc3ccc(C)cc3)NN2)cc1. The van der Waals surface area contributed by atoms with Gasteiger partial charge in [0.2, 0.25) is 0 Å². The van der Waals surface area contributed by atoms with Crippen molar-refractivity contribution in [2.24, 2.45) is 5.10 Å². The number of carbonyl (C=O) groups excluding carboxylic acids is 1. The molecule has 32 heavy (non-hydrogen) atoms. The van der Waals surface area contributed by atoms with Crippen LogP contribution in [0.25, 0.3) is 0 Å². The van der Waals surface area contributed by atoms with E-state index in [0.717, 1.165) is 22.4 Å².